The minimum absolute atomic E-state index is 0.0453. The molecule has 2 N–H and O–H groups in total. The Hall–Kier alpha value is -2.42. The van der Waals surface area contributed by atoms with Crippen molar-refractivity contribution in [1.82, 2.24) is 4.90 Å². The lowest BCUT2D eigenvalue weighted by atomic mass is 9.69. The van der Waals surface area contributed by atoms with Gasteiger partial charge in [0.2, 0.25) is 0 Å². The van der Waals surface area contributed by atoms with Crippen molar-refractivity contribution in [2.24, 2.45) is 0 Å². The smallest absolute Gasteiger partial charge is 0.416 e. The Bertz CT molecular complexity index is 708. The molecule has 0 unspecified atom stereocenters. The number of halogens is 2. The highest BCUT2D eigenvalue weighted by Crippen LogP contribution is 2.46. The van der Waals surface area contributed by atoms with Crippen LogP contribution in [0.15, 0.2) is 12.1 Å². The van der Waals surface area contributed by atoms with Crippen LogP contribution in [-0.4, -0.2) is 52.7 Å². The number of carbonyl (C=O) groups is 2. The highest BCUT2D eigenvalue weighted by molar-refractivity contribution is 5.90. The molecular weight excluding hydrogens is 338 g/mol. The zero-order valence-corrected chi connectivity index (χ0v) is 13.7. The van der Waals surface area contributed by atoms with Crippen LogP contribution >= 0.6 is 0 Å². The summed E-state index contributed by atoms with van der Waals surface area (Å²) in [5.41, 5.74) is -1.08. The van der Waals surface area contributed by atoms with E-state index in [4.69, 9.17) is 9.84 Å². The maximum atomic E-state index is 14.4. The molecule has 136 valence electrons. The molecule has 0 aromatic heterocycles. The van der Waals surface area contributed by atoms with Crippen LogP contribution in [-0.2, 0) is 4.74 Å². The number of benzene rings is 1. The van der Waals surface area contributed by atoms with Crippen LogP contribution in [0.5, 0.6) is 0 Å². The molecule has 1 aliphatic carbocycles. The summed E-state index contributed by atoms with van der Waals surface area (Å²) in [6.45, 7) is 1.44. The number of aliphatic hydroxyl groups is 1. The van der Waals surface area contributed by atoms with Gasteiger partial charge in [-0.1, -0.05) is 0 Å². The fraction of sp³-hybridized carbons (Fsp3) is 0.500. The molecule has 1 aromatic carbocycles. The number of likely N-dealkylation sites (N-methyl/N-ethyl adjacent to an activating group) is 1. The molecule has 2 amide bonds. The predicted molar refractivity (Wildman–Crippen MR) is 82.4 cm³/mol. The van der Waals surface area contributed by atoms with Crippen LogP contribution < -0.4 is 4.90 Å². The Balaban J connectivity index is 1.82. The van der Waals surface area contributed by atoms with Crippen LogP contribution in [0.3, 0.4) is 0 Å². The predicted octanol–water partition coefficient (Wildman–Crippen LogP) is 2.49. The standard InChI is InChI=1S/C16H18F2N2O5/c1-16(24)5-8(6-16)13-10(17)3-9(4-11(13)18)20-7-12(25-15(20)23)19(2)14(21)22/h3-4,8,12,24H,5-7H2,1-2H3,(H,21,22)/t8?,12-,16?/m0/s1. The SMILES string of the molecule is CN(C(=O)O)[C@@H]1CN(c2cc(F)c(C3CC(C)(O)C3)c(F)c2)C(=O)O1. The maximum Gasteiger partial charge on any atom is 0.416 e. The maximum absolute atomic E-state index is 14.4. The molecule has 0 bridgehead atoms. The van der Waals surface area contributed by atoms with Crippen molar-refractivity contribution < 1.29 is 33.3 Å². The number of ether oxygens (including phenoxy) is 1. The Morgan fingerprint density at radius 3 is 2.40 bits per heavy atom. The second kappa shape index (κ2) is 5.83. The van der Waals surface area contributed by atoms with Gasteiger partial charge >= 0.3 is 12.2 Å². The van der Waals surface area contributed by atoms with Gasteiger partial charge in [-0.3, -0.25) is 9.80 Å². The Morgan fingerprint density at radius 2 is 1.92 bits per heavy atom. The van der Waals surface area contributed by atoms with Crippen molar-refractivity contribution in [2.45, 2.75) is 37.5 Å². The Labute approximate surface area is 142 Å². The minimum atomic E-state index is -1.29. The van der Waals surface area contributed by atoms with E-state index in [-0.39, 0.29) is 30.6 Å². The lowest BCUT2D eigenvalue weighted by molar-refractivity contribution is -0.0328. The van der Waals surface area contributed by atoms with Gasteiger partial charge in [-0.2, -0.15) is 0 Å². The zero-order chi connectivity index (χ0) is 18.5. The van der Waals surface area contributed by atoms with Gasteiger partial charge in [-0.05, 0) is 37.8 Å². The summed E-state index contributed by atoms with van der Waals surface area (Å²) in [5, 5.41) is 18.7. The summed E-state index contributed by atoms with van der Waals surface area (Å²) in [6, 6.07) is 2.05. The molecular formula is C16H18F2N2O5. The molecule has 1 aromatic rings. The first-order valence-corrected chi connectivity index (χ1v) is 7.74. The number of anilines is 1. The Kier molecular flexibility index (Phi) is 4.06. The second-order valence-electron chi connectivity index (χ2n) is 6.77. The van der Waals surface area contributed by atoms with E-state index in [0.717, 1.165) is 21.9 Å². The van der Waals surface area contributed by atoms with Crippen molar-refractivity contribution in [1.29, 1.82) is 0 Å². The van der Waals surface area contributed by atoms with E-state index in [9.17, 15) is 23.5 Å². The molecule has 2 fully saturated rings. The lowest BCUT2D eigenvalue weighted by Crippen LogP contribution is -2.40. The van der Waals surface area contributed by atoms with Gasteiger partial charge in [0.25, 0.3) is 0 Å². The fourth-order valence-corrected chi connectivity index (χ4v) is 3.31. The fourth-order valence-electron chi connectivity index (χ4n) is 3.31. The monoisotopic (exact) mass is 356 g/mol. The molecule has 9 heteroatoms. The molecule has 0 spiro atoms. The molecule has 3 rings (SSSR count). The van der Waals surface area contributed by atoms with Crippen LogP contribution in [0.25, 0.3) is 0 Å². The van der Waals surface area contributed by atoms with E-state index >= 15 is 0 Å². The minimum Gasteiger partial charge on any atom is -0.465 e. The lowest BCUT2D eigenvalue weighted by Gasteiger charge is -2.41. The molecule has 1 atom stereocenters. The van der Waals surface area contributed by atoms with Crippen molar-refractivity contribution >= 4 is 17.9 Å². The number of cyclic esters (lactones) is 1. The second-order valence-corrected chi connectivity index (χ2v) is 6.77. The molecule has 25 heavy (non-hydrogen) atoms. The summed E-state index contributed by atoms with van der Waals surface area (Å²) in [6.07, 6.45) is -2.70. The average Bonchev–Trinajstić information content (AvgIpc) is 2.85. The van der Waals surface area contributed by atoms with Crippen molar-refractivity contribution in [3.63, 3.8) is 0 Å². The topological polar surface area (TPSA) is 90.3 Å². The summed E-state index contributed by atoms with van der Waals surface area (Å²) < 4.78 is 33.7. The van der Waals surface area contributed by atoms with Gasteiger partial charge in [0.15, 0.2) is 6.23 Å². The Morgan fingerprint density at radius 1 is 1.36 bits per heavy atom. The summed E-state index contributed by atoms with van der Waals surface area (Å²) in [4.78, 5) is 24.6. The van der Waals surface area contributed by atoms with Crippen LogP contribution in [0.2, 0.25) is 0 Å². The first-order chi connectivity index (χ1) is 11.6. The van der Waals surface area contributed by atoms with Crippen LogP contribution in [0.4, 0.5) is 24.1 Å². The largest absolute Gasteiger partial charge is 0.465 e. The number of amides is 2. The van der Waals surface area contributed by atoms with Gasteiger partial charge in [0.05, 0.1) is 17.8 Å². The van der Waals surface area contributed by atoms with Gasteiger partial charge in [0, 0.05) is 12.6 Å². The van der Waals surface area contributed by atoms with Gasteiger partial charge in [-0.25, -0.2) is 18.4 Å². The summed E-state index contributed by atoms with van der Waals surface area (Å²) in [7, 11) is 1.23. The third kappa shape index (κ3) is 3.11. The first kappa shape index (κ1) is 17.4. The third-order valence-corrected chi connectivity index (χ3v) is 4.69. The normalized spacial score (nSPS) is 28.5. The third-order valence-electron chi connectivity index (χ3n) is 4.69. The van der Waals surface area contributed by atoms with Crippen LogP contribution in [0, 0.1) is 11.6 Å². The molecule has 7 nitrogen and oxygen atoms in total. The van der Waals surface area contributed by atoms with E-state index < -0.39 is 41.6 Å². The van der Waals surface area contributed by atoms with Crippen LogP contribution in [0.1, 0.15) is 31.2 Å². The van der Waals surface area contributed by atoms with E-state index in [1.54, 1.807) is 6.92 Å². The zero-order valence-electron chi connectivity index (χ0n) is 13.7. The van der Waals surface area contributed by atoms with Crippen molar-refractivity contribution in [2.75, 3.05) is 18.5 Å². The number of rotatable bonds is 3. The van der Waals surface area contributed by atoms with E-state index in [1.165, 1.54) is 7.05 Å². The van der Waals surface area contributed by atoms with E-state index in [1.807, 2.05) is 0 Å². The quantitative estimate of drug-likeness (QED) is 0.868. The van der Waals surface area contributed by atoms with Crippen molar-refractivity contribution in [3.8, 4) is 0 Å². The van der Waals surface area contributed by atoms with Crippen molar-refractivity contribution in [3.05, 3.63) is 29.3 Å². The summed E-state index contributed by atoms with van der Waals surface area (Å²) in [5.74, 6) is -2.03. The van der Waals surface area contributed by atoms with E-state index in [2.05, 4.69) is 0 Å². The highest BCUT2D eigenvalue weighted by atomic mass is 19.1. The van der Waals surface area contributed by atoms with Gasteiger partial charge in [0.1, 0.15) is 11.6 Å². The number of carboxylic acid groups (broad SMARTS) is 1. The molecule has 1 aliphatic heterocycles. The summed E-state index contributed by atoms with van der Waals surface area (Å²) >= 11 is 0. The average molecular weight is 356 g/mol. The van der Waals surface area contributed by atoms with E-state index in [0.29, 0.717) is 0 Å². The highest BCUT2D eigenvalue weighted by Gasteiger charge is 2.42. The number of hydrogen-bond acceptors (Lipinski definition) is 4. The number of hydrogen-bond donors (Lipinski definition) is 2. The van der Waals surface area contributed by atoms with Gasteiger partial charge in [-0.15, -0.1) is 0 Å². The molecule has 1 saturated heterocycles. The number of carbonyl (C=O) groups excluding carboxylic acids is 1. The van der Waals surface area contributed by atoms with Gasteiger partial charge < -0.3 is 14.9 Å². The molecule has 0 radical (unpaired) electrons. The molecule has 1 saturated carbocycles. The molecule has 1 heterocycles. The number of nitrogens with zero attached hydrogens (tertiary/aromatic N) is 2. The molecule has 2 aliphatic rings. The first-order valence-electron chi connectivity index (χ1n) is 7.74.